The van der Waals surface area contributed by atoms with Gasteiger partial charge in [0.25, 0.3) is 5.91 Å². The van der Waals surface area contributed by atoms with Crippen LogP contribution in [0.3, 0.4) is 0 Å². The lowest BCUT2D eigenvalue weighted by molar-refractivity contribution is -0.111. The normalized spacial score (nSPS) is 12.4. The summed E-state index contributed by atoms with van der Waals surface area (Å²) >= 11 is 0. The average molecular weight is 403 g/mol. The fourth-order valence-corrected chi connectivity index (χ4v) is 2.66. The molecule has 0 aromatic heterocycles. The van der Waals surface area contributed by atoms with Crippen molar-refractivity contribution in [2.45, 2.75) is 40.0 Å². The molecule has 0 saturated carbocycles. The second-order valence-electron chi connectivity index (χ2n) is 8.12. The van der Waals surface area contributed by atoms with Gasteiger partial charge in [0.1, 0.15) is 0 Å². The van der Waals surface area contributed by atoms with Gasteiger partial charge in [-0.15, -0.1) is 0 Å². The Morgan fingerprint density at radius 3 is 1.93 bits per heavy atom. The van der Waals surface area contributed by atoms with E-state index in [1.807, 2.05) is 56.3 Å². The van der Waals surface area contributed by atoms with Crippen LogP contribution in [0.2, 0.25) is 0 Å². The van der Waals surface area contributed by atoms with E-state index in [1.54, 1.807) is 30.3 Å². The van der Waals surface area contributed by atoms with Crippen molar-refractivity contribution in [1.29, 1.82) is 0 Å². The molecular weight excluding hydrogens is 372 g/mol. The maximum Gasteiger partial charge on any atom is 0.255 e. The van der Waals surface area contributed by atoms with Gasteiger partial charge in [0, 0.05) is 23.0 Å². The largest absolute Gasteiger partial charge is 0.323 e. The predicted molar refractivity (Wildman–Crippen MR) is 126 cm³/mol. The monoisotopic (exact) mass is 402 g/mol. The predicted octanol–water partition coefficient (Wildman–Crippen LogP) is 6.25. The number of benzene rings is 2. The van der Waals surface area contributed by atoms with Gasteiger partial charge in [0.15, 0.2) is 0 Å². The van der Waals surface area contributed by atoms with Crippen LogP contribution >= 0.6 is 0 Å². The number of amides is 2. The zero-order chi connectivity index (χ0) is 22.1. The van der Waals surface area contributed by atoms with Gasteiger partial charge in [-0.2, -0.15) is 0 Å². The summed E-state index contributed by atoms with van der Waals surface area (Å²) < 4.78 is 0. The maximum atomic E-state index is 12.5. The van der Waals surface area contributed by atoms with E-state index in [0.29, 0.717) is 16.9 Å². The molecule has 2 rings (SSSR count). The Morgan fingerprint density at radius 1 is 0.833 bits per heavy atom. The molecular formula is C26H30N2O2. The van der Waals surface area contributed by atoms with Crippen LogP contribution in [0.1, 0.15) is 50.5 Å². The summed E-state index contributed by atoms with van der Waals surface area (Å²) in [7, 11) is 0. The van der Waals surface area contributed by atoms with Gasteiger partial charge >= 0.3 is 0 Å². The molecule has 4 heteroatoms. The van der Waals surface area contributed by atoms with Crippen LogP contribution in [0.25, 0.3) is 0 Å². The Hall–Kier alpha value is -3.40. The molecule has 0 heterocycles. The fraction of sp³-hybridized carbons (Fsp3) is 0.231. The minimum Gasteiger partial charge on any atom is -0.323 e. The first kappa shape index (κ1) is 22.9. The van der Waals surface area contributed by atoms with Crippen LogP contribution < -0.4 is 10.6 Å². The van der Waals surface area contributed by atoms with Crippen LogP contribution in [0.15, 0.2) is 84.5 Å². The Balaban J connectivity index is 1.95. The third-order valence-corrected chi connectivity index (χ3v) is 4.47. The second kappa shape index (κ2) is 10.4. The number of anilines is 2. The van der Waals surface area contributed by atoms with E-state index < -0.39 is 0 Å². The smallest absolute Gasteiger partial charge is 0.255 e. The average Bonchev–Trinajstić information content (AvgIpc) is 2.71. The standard InChI is InChI=1S/C26H30N2O2/c1-6-7-8-19(2)9-18-24(29)27-22-14-16-23(17-15-22)28-25(30)20-10-12-21(13-11-20)26(3,4)5/h6-18H,1-5H3,(H,27,29)(H,28,30)/b7-6-,18-9+,19-8+. The molecule has 2 N–H and O–H groups in total. The van der Waals surface area contributed by atoms with E-state index in [2.05, 4.69) is 31.4 Å². The highest BCUT2D eigenvalue weighted by atomic mass is 16.2. The molecule has 2 amide bonds. The molecule has 0 aliphatic heterocycles. The van der Waals surface area contributed by atoms with Gasteiger partial charge in [0.2, 0.25) is 5.91 Å². The van der Waals surface area contributed by atoms with Crippen LogP contribution in [0.4, 0.5) is 11.4 Å². The first-order chi connectivity index (χ1) is 14.2. The molecule has 0 atom stereocenters. The van der Waals surface area contributed by atoms with E-state index in [1.165, 1.54) is 11.6 Å². The Labute approximate surface area is 179 Å². The maximum absolute atomic E-state index is 12.5. The van der Waals surface area contributed by atoms with Gasteiger partial charge < -0.3 is 10.6 Å². The van der Waals surface area contributed by atoms with E-state index in [0.717, 1.165) is 5.57 Å². The van der Waals surface area contributed by atoms with Crippen molar-refractivity contribution in [3.05, 3.63) is 95.6 Å². The summed E-state index contributed by atoms with van der Waals surface area (Å²) in [4.78, 5) is 24.5. The summed E-state index contributed by atoms with van der Waals surface area (Å²) in [6, 6.07) is 14.7. The highest BCUT2D eigenvalue weighted by Crippen LogP contribution is 2.22. The molecule has 156 valence electrons. The molecule has 0 spiro atoms. The summed E-state index contributed by atoms with van der Waals surface area (Å²) in [5, 5.41) is 5.68. The lowest BCUT2D eigenvalue weighted by Gasteiger charge is -2.19. The van der Waals surface area contributed by atoms with E-state index in [4.69, 9.17) is 0 Å². The number of nitrogens with one attached hydrogen (secondary N) is 2. The molecule has 0 fully saturated rings. The molecule has 2 aromatic carbocycles. The second-order valence-corrected chi connectivity index (χ2v) is 8.12. The third kappa shape index (κ3) is 7.21. The van der Waals surface area contributed by atoms with E-state index in [-0.39, 0.29) is 17.2 Å². The minimum atomic E-state index is -0.209. The van der Waals surface area contributed by atoms with Crippen LogP contribution in [-0.2, 0) is 10.2 Å². The van der Waals surface area contributed by atoms with Crippen LogP contribution in [-0.4, -0.2) is 11.8 Å². The van der Waals surface area contributed by atoms with Crippen molar-refractivity contribution in [1.82, 2.24) is 0 Å². The molecule has 30 heavy (non-hydrogen) atoms. The molecule has 2 aromatic rings. The topological polar surface area (TPSA) is 58.2 Å². The molecule has 0 unspecified atom stereocenters. The summed E-state index contributed by atoms with van der Waals surface area (Å²) in [5.41, 5.74) is 4.14. The van der Waals surface area contributed by atoms with Gasteiger partial charge in [-0.05, 0) is 61.2 Å². The van der Waals surface area contributed by atoms with E-state index in [9.17, 15) is 9.59 Å². The SMILES string of the molecule is C\C=C/C=C(C)/C=C/C(=O)Nc1ccc(NC(=O)c2ccc(C(C)(C)C)cc2)cc1. The molecule has 0 aliphatic carbocycles. The van der Waals surface area contributed by atoms with Crippen LogP contribution in [0, 0.1) is 0 Å². The molecule has 0 radical (unpaired) electrons. The number of rotatable bonds is 6. The molecule has 4 nitrogen and oxygen atoms in total. The third-order valence-electron chi connectivity index (χ3n) is 4.47. The number of carbonyl (C=O) groups is 2. The van der Waals surface area contributed by atoms with Crippen molar-refractivity contribution in [3.63, 3.8) is 0 Å². The first-order valence-electron chi connectivity index (χ1n) is 9.99. The Kier molecular flexibility index (Phi) is 7.93. The minimum absolute atomic E-state index is 0.0476. The number of carbonyl (C=O) groups excluding carboxylic acids is 2. The lowest BCUT2D eigenvalue weighted by atomic mass is 9.87. The Morgan fingerprint density at radius 2 is 1.40 bits per heavy atom. The first-order valence-corrected chi connectivity index (χ1v) is 9.99. The molecule has 0 aliphatic rings. The van der Waals surface area contributed by atoms with Gasteiger partial charge in [0.05, 0.1) is 0 Å². The molecule has 0 bridgehead atoms. The zero-order valence-electron chi connectivity index (χ0n) is 18.3. The fourth-order valence-electron chi connectivity index (χ4n) is 2.66. The number of allylic oxidation sites excluding steroid dienone is 5. The van der Waals surface area contributed by atoms with Gasteiger partial charge in [-0.3, -0.25) is 9.59 Å². The highest BCUT2D eigenvalue weighted by Gasteiger charge is 2.14. The summed E-state index contributed by atoms with van der Waals surface area (Å²) in [5.74, 6) is -0.377. The molecule has 0 saturated heterocycles. The highest BCUT2D eigenvalue weighted by molar-refractivity contribution is 6.04. The van der Waals surface area contributed by atoms with Crippen molar-refractivity contribution < 1.29 is 9.59 Å². The summed E-state index contributed by atoms with van der Waals surface area (Å²) in [6.07, 6.45) is 9.03. The van der Waals surface area contributed by atoms with E-state index >= 15 is 0 Å². The van der Waals surface area contributed by atoms with Crippen molar-refractivity contribution in [2.75, 3.05) is 10.6 Å². The quantitative estimate of drug-likeness (QED) is 0.443. The van der Waals surface area contributed by atoms with Gasteiger partial charge in [-0.25, -0.2) is 0 Å². The van der Waals surface area contributed by atoms with Crippen molar-refractivity contribution in [2.24, 2.45) is 0 Å². The van der Waals surface area contributed by atoms with Gasteiger partial charge in [-0.1, -0.05) is 62.8 Å². The Bertz CT molecular complexity index is 958. The van der Waals surface area contributed by atoms with Crippen molar-refractivity contribution >= 4 is 23.2 Å². The zero-order valence-corrected chi connectivity index (χ0v) is 18.3. The van der Waals surface area contributed by atoms with Crippen molar-refractivity contribution in [3.8, 4) is 0 Å². The number of hydrogen-bond acceptors (Lipinski definition) is 2. The number of hydrogen-bond donors (Lipinski definition) is 2. The van der Waals surface area contributed by atoms with Crippen LogP contribution in [0.5, 0.6) is 0 Å². The lowest BCUT2D eigenvalue weighted by Crippen LogP contribution is -2.14. The summed E-state index contributed by atoms with van der Waals surface area (Å²) in [6.45, 7) is 10.3.